The van der Waals surface area contributed by atoms with Crippen molar-refractivity contribution in [3.63, 3.8) is 0 Å². The summed E-state index contributed by atoms with van der Waals surface area (Å²) < 4.78 is 13.0. The van der Waals surface area contributed by atoms with Gasteiger partial charge in [0.2, 0.25) is 5.91 Å². The molecule has 1 aromatic rings. The van der Waals surface area contributed by atoms with Crippen LogP contribution in [0.1, 0.15) is 20.8 Å². The lowest BCUT2D eigenvalue weighted by Crippen LogP contribution is -2.45. The number of amides is 1. The number of aromatic hydroxyl groups is 1. The number of anilines is 1. The molecule has 0 saturated carbocycles. The van der Waals surface area contributed by atoms with Crippen LogP contribution in [0.25, 0.3) is 0 Å². The van der Waals surface area contributed by atoms with Gasteiger partial charge in [-0.1, -0.05) is 20.8 Å². The van der Waals surface area contributed by atoms with Crippen molar-refractivity contribution >= 4 is 11.6 Å². The molecule has 0 saturated heterocycles. The molecule has 17 heavy (non-hydrogen) atoms. The molecule has 0 bridgehead atoms. The molecule has 1 atom stereocenters. The summed E-state index contributed by atoms with van der Waals surface area (Å²) in [6.45, 7) is 5.53. The van der Waals surface area contributed by atoms with Gasteiger partial charge in [-0.3, -0.25) is 4.79 Å². The highest BCUT2D eigenvalue weighted by atomic mass is 19.1. The van der Waals surface area contributed by atoms with Crippen LogP contribution in [0.3, 0.4) is 0 Å². The Balaban J connectivity index is 2.78. The average Bonchev–Trinajstić information content (AvgIpc) is 2.21. The summed E-state index contributed by atoms with van der Waals surface area (Å²) in [4.78, 5) is 11.7. The number of nitrogens with two attached hydrogens (primary N) is 1. The molecule has 0 radical (unpaired) electrons. The van der Waals surface area contributed by atoms with Gasteiger partial charge in [0.15, 0.2) is 11.6 Å². The van der Waals surface area contributed by atoms with E-state index in [1.54, 1.807) is 0 Å². The Morgan fingerprint density at radius 3 is 2.53 bits per heavy atom. The first-order chi connectivity index (χ1) is 7.71. The Morgan fingerprint density at radius 1 is 1.47 bits per heavy atom. The van der Waals surface area contributed by atoms with Crippen LogP contribution in [0, 0.1) is 11.2 Å². The van der Waals surface area contributed by atoms with Crippen molar-refractivity contribution in [2.24, 2.45) is 11.1 Å². The highest BCUT2D eigenvalue weighted by molar-refractivity contribution is 5.95. The van der Waals surface area contributed by atoms with Gasteiger partial charge in [0.25, 0.3) is 0 Å². The van der Waals surface area contributed by atoms with E-state index in [0.717, 1.165) is 6.07 Å². The van der Waals surface area contributed by atoms with E-state index < -0.39 is 17.6 Å². The van der Waals surface area contributed by atoms with E-state index in [4.69, 9.17) is 10.8 Å². The van der Waals surface area contributed by atoms with Gasteiger partial charge in [0.05, 0.1) is 6.04 Å². The smallest absolute Gasteiger partial charge is 0.241 e. The van der Waals surface area contributed by atoms with Crippen LogP contribution in [-0.4, -0.2) is 17.1 Å². The lowest BCUT2D eigenvalue weighted by atomic mass is 9.87. The molecule has 0 aromatic heterocycles. The van der Waals surface area contributed by atoms with Gasteiger partial charge in [-0.25, -0.2) is 4.39 Å². The van der Waals surface area contributed by atoms with Crippen molar-refractivity contribution < 1.29 is 14.3 Å². The molecular formula is C12H17FN2O2. The van der Waals surface area contributed by atoms with Crippen molar-refractivity contribution in [3.05, 3.63) is 24.0 Å². The Bertz CT molecular complexity index is 427. The topological polar surface area (TPSA) is 75.4 Å². The van der Waals surface area contributed by atoms with Crippen LogP contribution in [0.2, 0.25) is 0 Å². The lowest BCUT2D eigenvalue weighted by molar-refractivity contribution is -0.119. The van der Waals surface area contributed by atoms with E-state index in [9.17, 15) is 9.18 Å². The van der Waals surface area contributed by atoms with Crippen molar-refractivity contribution in [2.75, 3.05) is 5.32 Å². The third-order valence-electron chi connectivity index (χ3n) is 2.43. The molecular weight excluding hydrogens is 223 g/mol. The van der Waals surface area contributed by atoms with E-state index in [-0.39, 0.29) is 17.0 Å². The summed E-state index contributed by atoms with van der Waals surface area (Å²) >= 11 is 0. The molecule has 1 rings (SSSR count). The molecule has 4 N–H and O–H groups in total. The first kappa shape index (κ1) is 13.4. The molecule has 1 aromatic carbocycles. The van der Waals surface area contributed by atoms with Crippen LogP contribution in [0.4, 0.5) is 10.1 Å². The number of halogens is 1. The minimum Gasteiger partial charge on any atom is -0.505 e. The highest BCUT2D eigenvalue weighted by Crippen LogP contribution is 2.22. The predicted molar refractivity (Wildman–Crippen MR) is 64.1 cm³/mol. The number of phenols is 1. The highest BCUT2D eigenvalue weighted by Gasteiger charge is 2.27. The molecule has 1 amide bonds. The fraction of sp³-hybridized carbons (Fsp3) is 0.417. The molecule has 0 heterocycles. The van der Waals surface area contributed by atoms with Crippen LogP contribution in [0.15, 0.2) is 18.2 Å². The van der Waals surface area contributed by atoms with E-state index in [0.29, 0.717) is 0 Å². The van der Waals surface area contributed by atoms with Gasteiger partial charge in [-0.15, -0.1) is 0 Å². The van der Waals surface area contributed by atoms with Crippen molar-refractivity contribution in [1.82, 2.24) is 0 Å². The normalized spacial score (nSPS) is 13.2. The molecule has 1 unspecified atom stereocenters. The molecule has 0 aliphatic rings. The lowest BCUT2D eigenvalue weighted by Gasteiger charge is -2.25. The zero-order chi connectivity index (χ0) is 13.2. The second-order valence-corrected chi connectivity index (χ2v) is 5.00. The van der Waals surface area contributed by atoms with Crippen molar-refractivity contribution in [2.45, 2.75) is 26.8 Å². The average molecular weight is 240 g/mol. The standard InChI is InChI=1S/C12H17FN2O2/c1-12(2,3)10(14)11(17)15-7-4-5-9(16)8(13)6-7/h4-6,10,16H,14H2,1-3H3,(H,15,17). The van der Waals surface area contributed by atoms with Crippen molar-refractivity contribution in [1.29, 1.82) is 0 Å². The minimum atomic E-state index is -0.785. The molecule has 0 spiro atoms. The predicted octanol–water partition coefficient (Wildman–Crippen LogP) is 1.84. The number of hydrogen-bond donors (Lipinski definition) is 3. The summed E-state index contributed by atoms with van der Waals surface area (Å²) in [6, 6.07) is 2.93. The molecule has 94 valence electrons. The quantitative estimate of drug-likeness (QED) is 0.690. The number of benzene rings is 1. The van der Waals surface area contributed by atoms with E-state index in [2.05, 4.69) is 5.32 Å². The maximum Gasteiger partial charge on any atom is 0.241 e. The summed E-state index contributed by atoms with van der Waals surface area (Å²) in [6.07, 6.45) is 0. The summed E-state index contributed by atoms with van der Waals surface area (Å²) in [7, 11) is 0. The number of nitrogens with one attached hydrogen (secondary N) is 1. The molecule has 0 aliphatic carbocycles. The third kappa shape index (κ3) is 3.42. The third-order valence-corrected chi connectivity index (χ3v) is 2.43. The first-order valence-electron chi connectivity index (χ1n) is 5.27. The maximum atomic E-state index is 13.0. The molecule has 5 heteroatoms. The fourth-order valence-electron chi connectivity index (χ4n) is 1.20. The van der Waals surface area contributed by atoms with E-state index in [1.807, 2.05) is 20.8 Å². The number of carbonyl (C=O) groups excluding carboxylic acids is 1. The summed E-state index contributed by atoms with van der Waals surface area (Å²) in [5.74, 6) is -1.63. The summed E-state index contributed by atoms with van der Waals surface area (Å²) in [5.41, 5.74) is 5.65. The minimum absolute atomic E-state index is 0.269. The largest absolute Gasteiger partial charge is 0.505 e. The van der Waals surface area contributed by atoms with Gasteiger partial charge >= 0.3 is 0 Å². The number of phenolic OH excluding ortho intramolecular Hbond substituents is 1. The van der Waals surface area contributed by atoms with Crippen molar-refractivity contribution in [3.8, 4) is 5.75 Å². The Labute approximate surface area is 99.6 Å². The number of hydrogen-bond acceptors (Lipinski definition) is 3. The van der Waals surface area contributed by atoms with Gasteiger partial charge in [-0.2, -0.15) is 0 Å². The SMILES string of the molecule is CC(C)(C)C(N)C(=O)Nc1ccc(O)c(F)c1. The molecule has 4 nitrogen and oxygen atoms in total. The van der Waals surface area contributed by atoms with E-state index >= 15 is 0 Å². The summed E-state index contributed by atoms with van der Waals surface area (Å²) in [5, 5.41) is 11.5. The van der Waals surface area contributed by atoms with Crippen LogP contribution >= 0.6 is 0 Å². The number of carbonyl (C=O) groups is 1. The fourth-order valence-corrected chi connectivity index (χ4v) is 1.20. The zero-order valence-electron chi connectivity index (χ0n) is 10.1. The maximum absolute atomic E-state index is 13.0. The van der Waals surface area contributed by atoms with Gasteiger partial charge in [0, 0.05) is 11.8 Å². The monoisotopic (exact) mass is 240 g/mol. The second-order valence-electron chi connectivity index (χ2n) is 5.00. The molecule has 0 aliphatic heterocycles. The van der Waals surface area contributed by atoms with Gasteiger partial charge in [0.1, 0.15) is 0 Å². The van der Waals surface area contributed by atoms with Gasteiger partial charge in [-0.05, 0) is 17.5 Å². The van der Waals surface area contributed by atoms with Crippen LogP contribution < -0.4 is 11.1 Å². The van der Waals surface area contributed by atoms with Crippen LogP contribution in [0.5, 0.6) is 5.75 Å². The number of rotatable bonds is 2. The Morgan fingerprint density at radius 2 is 2.06 bits per heavy atom. The van der Waals surface area contributed by atoms with Crippen LogP contribution in [-0.2, 0) is 4.79 Å². The zero-order valence-corrected chi connectivity index (χ0v) is 10.1. The Hall–Kier alpha value is -1.62. The first-order valence-corrected chi connectivity index (χ1v) is 5.27. The van der Waals surface area contributed by atoms with E-state index in [1.165, 1.54) is 12.1 Å². The van der Waals surface area contributed by atoms with Gasteiger partial charge < -0.3 is 16.2 Å². The molecule has 0 fully saturated rings. The second kappa shape index (κ2) is 4.71. The Kier molecular flexibility index (Phi) is 3.72.